The molecule has 0 saturated heterocycles. The molecular formula is C11H7ClO2S. The van der Waals surface area contributed by atoms with E-state index in [-0.39, 0.29) is 0 Å². The topological polar surface area (TPSA) is 26.3 Å². The molecule has 2 aromatic rings. The summed E-state index contributed by atoms with van der Waals surface area (Å²) < 4.78 is 7.13. The third-order valence-electron chi connectivity index (χ3n) is 2.64. The molecule has 0 fully saturated rings. The fraction of sp³-hybridized carbons (Fsp3) is 0.182. The highest BCUT2D eigenvalue weighted by Gasteiger charge is 2.19. The van der Waals surface area contributed by atoms with Crippen molar-refractivity contribution in [2.75, 3.05) is 6.61 Å². The van der Waals surface area contributed by atoms with Crippen molar-refractivity contribution in [1.29, 1.82) is 0 Å². The molecule has 0 atom stereocenters. The molecule has 4 heteroatoms. The van der Waals surface area contributed by atoms with Crippen molar-refractivity contribution in [1.82, 2.24) is 0 Å². The zero-order valence-electron chi connectivity index (χ0n) is 7.75. The lowest BCUT2D eigenvalue weighted by atomic mass is 10.1. The van der Waals surface area contributed by atoms with E-state index in [9.17, 15) is 4.79 Å². The largest absolute Gasteiger partial charge is 0.493 e. The zero-order valence-corrected chi connectivity index (χ0v) is 9.32. The maximum absolute atomic E-state index is 10.9. The van der Waals surface area contributed by atoms with Crippen LogP contribution in [-0.2, 0) is 6.42 Å². The van der Waals surface area contributed by atoms with E-state index >= 15 is 0 Å². The van der Waals surface area contributed by atoms with Gasteiger partial charge in [-0.25, -0.2) is 0 Å². The summed E-state index contributed by atoms with van der Waals surface area (Å²) in [5.74, 6) is 0.929. The molecule has 1 aliphatic rings. The van der Waals surface area contributed by atoms with Crippen molar-refractivity contribution in [3.63, 3.8) is 0 Å². The van der Waals surface area contributed by atoms with Gasteiger partial charge in [0, 0.05) is 22.1 Å². The van der Waals surface area contributed by atoms with Crippen LogP contribution in [-0.4, -0.2) is 12.9 Å². The van der Waals surface area contributed by atoms with Crippen LogP contribution in [0.15, 0.2) is 12.1 Å². The summed E-state index contributed by atoms with van der Waals surface area (Å²) in [6.07, 6.45) is 1.73. The van der Waals surface area contributed by atoms with Gasteiger partial charge in [0.05, 0.1) is 12.2 Å². The Morgan fingerprint density at radius 3 is 3.13 bits per heavy atom. The van der Waals surface area contributed by atoms with Crippen molar-refractivity contribution in [2.24, 2.45) is 0 Å². The molecule has 15 heavy (non-hydrogen) atoms. The van der Waals surface area contributed by atoms with E-state index in [2.05, 4.69) is 0 Å². The summed E-state index contributed by atoms with van der Waals surface area (Å²) in [5, 5.41) is 0.948. The molecule has 2 nitrogen and oxygen atoms in total. The van der Waals surface area contributed by atoms with Gasteiger partial charge < -0.3 is 4.74 Å². The van der Waals surface area contributed by atoms with Gasteiger partial charge in [0.15, 0.2) is 6.29 Å². The molecule has 76 valence electrons. The normalized spacial score (nSPS) is 13.9. The Morgan fingerprint density at radius 1 is 1.47 bits per heavy atom. The van der Waals surface area contributed by atoms with Gasteiger partial charge in [0.1, 0.15) is 10.1 Å². The third-order valence-corrected chi connectivity index (χ3v) is 4.14. The summed E-state index contributed by atoms with van der Waals surface area (Å²) >= 11 is 7.48. The molecule has 1 aromatic carbocycles. The molecule has 3 rings (SSSR count). The smallest absolute Gasteiger partial charge is 0.153 e. The second-order valence-electron chi connectivity index (χ2n) is 3.42. The van der Waals surface area contributed by atoms with Gasteiger partial charge in [0.2, 0.25) is 0 Å². The number of carbonyl (C=O) groups is 1. The van der Waals surface area contributed by atoms with Crippen LogP contribution < -0.4 is 4.74 Å². The second kappa shape index (κ2) is 3.22. The van der Waals surface area contributed by atoms with Gasteiger partial charge in [-0.1, -0.05) is 11.6 Å². The molecule has 0 amide bonds. The van der Waals surface area contributed by atoms with E-state index < -0.39 is 0 Å². The SMILES string of the molecule is O=Cc1c(Cl)sc2c3c(ccc12)OCC3. The Morgan fingerprint density at radius 2 is 2.33 bits per heavy atom. The highest BCUT2D eigenvalue weighted by Crippen LogP contribution is 2.41. The van der Waals surface area contributed by atoms with Crippen LogP contribution in [0, 0.1) is 0 Å². The monoisotopic (exact) mass is 238 g/mol. The summed E-state index contributed by atoms with van der Waals surface area (Å²) in [5.41, 5.74) is 1.79. The van der Waals surface area contributed by atoms with E-state index in [1.165, 1.54) is 16.9 Å². The van der Waals surface area contributed by atoms with E-state index in [4.69, 9.17) is 16.3 Å². The van der Waals surface area contributed by atoms with Gasteiger partial charge in [0.25, 0.3) is 0 Å². The molecule has 2 heterocycles. The molecule has 0 aliphatic carbocycles. The van der Waals surface area contributed by atoms with Crippen LogP contribution >= 0.6 is 22.9 Å². The molecule has 1 aliphatic heterocycles. The molecule has 0 bridgehead atoms. The number of thiophene rings is 1. The Labute approximate surface area is 95.4 Å². The average Bonchev–Trinajstić information content (AvgIpc) is 2.79. The molecule has 1 aromatic heterocycles. The lowest BCUT2D eigenvalue weighted by Crippen LogP contribution is -1.85. The maximum atomic E-state index is 10.9. The number of rotatable bonds is 1. The van der Waals surface area contributed by atoms with Crippen molar-refractivity contribution in [2.45, 2.75) is 6.42 Å². The number of halogens is 1. The van der Waals surface area contributed by atoms with Crippen molar-refractivity contribution in [3.05, 3.63) is 27.6 Å². The zero-order chi connectivity index (χ0) is 10.4. The Bertz CT molecular complexity index is 559. The summed E-state index contributed by atoms with van der Waals surface area (Å²) in [7, 11) is 0. The highest BCUT2D eigenvalue weighted by atomic mass is 35.5. The number of benzene rings is 1. The number of hydrogen-bond acceptors (Lipinski definition) is 3. The first-order valence-electron chi connectivity index (χ1n) is 4.63. The van der Waals surface area contributed by atoms with Gasteiger partial charge in [-0.3, -0.25) is 4.79 Å². The minimum Gasteiger partial charge on any atom is -0.493 e. The standard InChI is InChI=1S/C11H7ClO2S/c12-11-8(5-13)6-1-2-9-7(3-4-14-9)10(6)15-11/h1-2,5H,3-4H2. The quantitative estimate of drug-likeness (QED) is 0.713. The van der Waals surface area contributed by atoms with E-state index in [1.54, 1.807) is 0 Å². The number of aldehydes is 1. The lowest BCUT2D eigenvalue weighted by molar-refractivity contribution is 0.112. The minimum atomic E-state index is 0.570. The summed E-state index contributed by atoms with van der Waals surface area (Å²) in [6, 6.07) is 3.83. The molecule has 0 N–H and O–H groups in total. The Kier molecular flexibility index (Phi) is 1.97. The van der Waals surface area contributed by atoms with Gasteiger partial charge in [-0.05, 0) is 12.1 Å². The van der Waals surface area contributed by atoms with Crippen molar-refractivity contribution in [3.8, 4) is 5.75 Å². The lowest BCUT2D eigenvalue weighted by Gasteiger charge is -1.98. The Hall–Kier alpha value is -1.06. The predicted octanol–water partition coefficient (Wildman–Crippen LogP) is 3.30. The van der Waals surface area contributed by atoms with Crippen LogP contribution in [0.1, 0.15) is 15.9 Å². The second-order valence-corrected chi connectivity index (χ2v) is 5.05. The van der Waals surface area contributed by atoms with Crippen molar-refractivity contribution < 1.29 is 9.53 Å². The van der Waals surface area contributed by atoms with Crippen LogP contribution in [0.25, 0.3) is 10.1 Å². The summed E-state index contributed by atoms with van der Waals surface area (Å²) in [6.45, 7) is 0.723. The van der Waals surface area contributed by atoms with E-state index in [0.29, 0.717) is 9.90 Å². The van der Waals surface area contributed by atoms with Crippen molar-refractivity contribution >= 4 is 39.3 Å². The van der Waals surface area contributed by atoms with E-state index in [0.717, 1.165) is 35.1 Å². The highest BCUT2D eigenvalue weighted by molar-refractivity contribution is 7.23. The number of hydrogen-bond donors (Lipinski definition) is 0. The van der Waals surface area contributed by atoms with E-state index in [1.807, 2.05) is 12.1 Å². The molecule has 0 spiro atoms. The van der Waals surface area contributed by atoms with Crippen LogP contribution in [0.5, 0.6) is 5.75 Å². The van der Waals surface area contributed by atoms with Crippen LogP contribution in [0.4, 0.5) is 0 Å². The van der Waals surface area contributed by atoms with Crippen LogP contribution in [0.2, 0.25) is 4.34 Å². The molecular weight excluding hydrogens is 232 g/mol. The average molecular weight is 239 g/mol. The fourth-order valence-electron chi connectivity index (χ4n) is 1.93. The van der Waals surface area contributed by atoms with Gasteiger partial charge in [-0.2, -0.15) is 0 Å². The molecule has 0 unspecified atom stereocenters. The number of ether oxygens (including phenoxy) is 1. The Balaban J connectivity index is 2.43. The first kappa shape index (κ1) is 9.19. The van der Waals surface area contributed by atoms with Gasteiger partial charge >= 0.3 is 0 Å². The third kappa shape index (κ3) is 1.20. The first-order chi connectivity index (χ1) is 7.31. The number of carbonyl (C=O) groups excluding carboxylic acids is 1. The van der Waals surface area contributed by atoms with Crippen LogP contribution in [0.3, 0.4) is 0 Å². The molecule has 0 saturated carbocycles. The van der Waals surface area contributed by atoms with Gasteiger partial charge in [-0.15, -0.1) is 11.3 Å². The minimum absolute atomic E-state index is 0.570. The molecule has 0 radical (unpaired) electrons. The maximum Gasteiger partial charge on any atom is 0.153 e. The predicted molar refractivity (Wildman–Crippen MR) is 61.4 cm³/mol. The summed E-state index contributed by atoms with van der Waals surface area (Å²) in [4.78, 5) is 10.9. The first-order valence-corrected chi connectivity index (χ1v) is 5.82. The fourth-order valence-corrected chi connectivity index (χ4v) is 3.37. The number of fused-ring (bicyclic) bond motifs is 3.